The summed E-state index contributed by atoms with van der Waals surface area (Å²) in [6.07, 6.45) is 2.92. The van der Waals surface area contributed by atoms with Crippen LogP contribution < -0.4 is 5.73 Å². The average molecular weight is 262 g/mol. The number of hydrogen-bond acceptors (Lipinski definition) is 3. The van der Waals surface area contributed by atoms with Crippen LogP contribution >= 0.6 is 0 Å². The zero-order valence-electron chi connectivity index (χ0n) is 11.4. The first-order valence-electron chi connectivity index (χ1n) is 6.61. The van der Waals surface area contributed by atoms with E-state index in [1.807, 2.05) is 31.2 Å². The number of primary amides is 1. The van der Waals surface area contributed by atoms with Gasteiger partial charge in [0.05, 0.1) is 0 Å². The molecule has 1 rings (SSSR count). The number of carbonyl (C=O) groups excluding carboxylic acids is 1. The molecule has 1 aromatic rings. The summed E-state index contributed by atoms with van der Waals surface area (Å²) in [5, 5.41) is 16.8. The minimum absolute atomic E-state index is 0.155. The third-order valence-electron chi connectivity index (χ3n) is 3.14. The fourth-order valence-electron chi connectivity index (χ4n) is 1.98. The molecule has 0 fully saturated rings. The van der Waals surface area contributed by atoms with E-state index in [1.54, 1.807) is 0 Å². The number of carbonyl (C=O) groups is 1. The van der Waals surface area contributed by atoms with Crippen molar-refractivity contribution in [2.75, 3.05) is 6.61 Å². The van der Waals surface area contributed by atoms with E-state index >= 15 is 0 Å². The van der Waals surface area contributed by atoms with Gasteiger partial charge in [0, 0.05) is 24.7 Å². The Balaban J connectivity index is 2.60. The topological polar surface area (TPSA) is 87.2 Å². The molecule has 0 aliphatic carbocycles. The van der Waals surface area contributed by atoms with Crippen LogP contribution in [-0.2, 0) is 11.2 Å². The molecule has 0 radical (unpaired) electrons. The van der Waals surface area contributed by atoms with Crippen molar-refractivity contribution in [2.45, 2.75) is 32.6 Å². The number of unbranched alkanes of at least 4 members (excludes halogenated alkanes) is 1. The third kappa shape index (κ3) is 5.22. The zero-order chi connectivity index (χ0) is 14.3. The van der Waals surface area contributed by atoms with Gasteiger partial charge in [0.2, 0.25) is 5.91 Å². The summed E-state index contributed by atoms with van der Waals surface area (Å²) in [7, 11) is 0. The highest BCUT2D eigenvalue weighted by atomic mass is 16.2. The molecule has 4 N–H and O–H groups in total. The molecule has 19 heavy (non-hydrogen) atoms. The highest BCUT2D eigenvalue weighted by molar-refractivity contribution is 6.01. The zero-order valence-corrected chi connectivity index (χ0v) is 11.4. The molecule has 4 heteroatoms. The van der Waals surface area contributed by atoms with Gasteiger partial charge in [-0.3, -0.25) is 4.79 Å². The van der Waals surface area contributed by atoms with Crippen LogP contribution in [0.15, 0.2) is 24.3 Å². The Kier molecular flexibility index (Phi) is 6.22. The fourth-order valence-corrected chi connectivity index (χ4v) is 1.98. The highest BCUT2D eigenvalue weighted by Gasteiger charge is 2.13. The Bertz CT molecular complexity index is 426. The second-order valence-corrected chi connectivity index (χ2v) is 4.86. The third-order valence-corrected chi connectivity index (χ3v) is 3.14. The maximum Gasteiger partial charge on any atom is 0.218 e. The van der Waals surface area contributed by atoms with Crippen molar-refractivity contribution in [1.29, 1.82) is 5.41 Å². The molecule has 0 spiro atoms. The Morgan fingerprint density at radius 2 is 1.95 bits per heavy atom. The SMILES string of the molecule is CC(CC(N)=O)C(=N)c1ccc(CCCCO)cc1. The lowest BCUT2D eigenvalue weighted by molar-refractivity contribution is -0.118. The van der Waals surface area contributed by atoms with Crippen molar-refractivity contribution in [3.05, 3.63) is 35.4 Å². The van der Waals surface area contributed by atoms with E-state index in [-0.39, 0.29) is 24.9 Å². The summed E-state index contributed by atoms with van der Waals surface area (Å²) in [6, 6.07) is 7.82. The monoisotopic (exact) mass is 262 g/mol. The number of rotatable bonds is 8. The van der Waals surface area contributed by atoms with Crippen molar-refractivity contribution in [1.82, 2.24) is 0 Å². The van der Waals surface area contributed by atoms with Gasteiger partial charge in [-0.2, -0.15) is 0 Å². The van der Waals surface area contributed by atoms with Gasteiger partial charge in [0.15, 0.2) is 0 Å². The van der Waals surface area contributed by atoms with E-state index in [9.17, 15) is 4.79 Å². The van der Waals surface area contributed by atoms with Gasteiger partial charge in [0.25, 0.3) is 0 Å². The van der Waals surface area contributed by atoms with Crippen LogP contribution in [0, 0.1) is 11.3 Å². The van der Waals surface area contributed by atoms with Crippen molar-refractivity contribution in [2.24, 2.45) is 11.7 Å². The van der Waals surface area contributed by atoms with Gasteiger partial charge >= 0.3 is 0 Å². The Morgan fingerprint density at radius 1 is 1.32 bits per heavy atom. The Morgan fingerprint density at radius 3 is 2.47 bits per heavy atom. The van der Waals surface area contributed by atoms with Gasteiger partial charge < -0.3 is 16.2 Å². The molecule has 0 saturated heterocycles. The van der Waals surface area contributed by atoms with E-state index in [0.29, 0.717) is 5.71 Å². The van der Waals surface area contributed by atoms with E-state index in [4.69, 9.17) is 16.2 Å². The molecule has 0 aromatic heterocycles. The Labute approximate surface area is 114 Å². The Hall–Kier alpha value is -1.68. The summed E-state index contributed by atoms with van der Waals surface area (Å²) < 4.78 is 0. The predicted octanol–water partition coefficient (Wildman–Crippen LogP) is 1.88. The maximum absolute atomic E-state index is 10.9. The van der Waals surface area contributed by atoms with Crippen molar-refractivity contribution >= 4 is 11.6 Å². The van der Waals surface area contributed by atoms with E-state index in [0.717, 1.165) is 24.8 Å². The molecular formula is C15H22N2O2. The molecule has 1 aromatic carbocycles. The lowest BCUT2D eigenvalue weighted by Crippen LogP contribution is -2.20. The smallest absolute Gasteiger partial charge is 0.218 e. The van der Waals surface area contributed by atoms with E-state index in [1.165, 1.54) is 5.56 Å². The van der Waals surface area contributed by atoms with Crippen LogP contribution in [0.4, 0.5) is 0 Å². The summed E-state index contributed by atoms with van der Waals surface area (Å²) in [5.41, 5.74) is 7.62. The van der Waals surface area contributed by atoms with Crippen molar-refractivity contribution < 1.29 is 9.90 Å². The molecule has 0 aliphatic rings. The lowest BCUT2D eigenvalue weighted by atomic mass is 9.94. The highest BCUT2D eigenvalue weighted by Crippen LogP contribution is 2.14. The number of amides is 1. The molecule has 0 bridgehead atoms. The number of aliphatic hydroxyl groups excluding tert-OH is 1. The van der Waals surface area contributed by atoms with Crippen molar-refractivity contribution in [3.8, 4) is 0 Å². The minimum atomic E-state index is -0.377. The van der Waals surface area contributed by atoms with Crippen LogP contribution in [0.5, 0.6) is 0 Å². The number of hydrogen-bond donors (Lipinski definition) is 3. The summed E-state index contributed by atoms with van der Waals surface area (Å²) in [6.45, 7) is 2.07. The van der Waals surface area contributed by atoms with Gasteiger partial charge in [-0.1, -0.05) is 31.2 Å². The second kappa shape index (κ2) is 7.69. The minimum Gasteiger partial charge on any atom is -0.396 e. The van der Waals surface area contributed by atoms with Crippen LogP contribution in [-0.4, -0.2) is 23.3 Å². The molecule has 0 heterocycles. The molecule has 1 amide bonds. The number of benzene rings is 1. The van der Waals surface area contributed by atoms with E-state index in [2.05, 4.69) is 0 Å². The second-order valence-electron chi connectivity index (χ2n) is 4.86. The summed E-state index contributed by atoms with van der Waals surface area (Å²) >= 11 is 0. The van der Waals surface area contributed by atoms with Gasteiger partial charge in [0.1, 0.15) is 0 Å². The lowest BCUT2D eigenvalue weighted by Gasteiger charge is -2.12. The van der Waals surface area contributed by atoms with Gasteiger partial charge in [-0.25, -0.2) is 0 Å². The average Bonchev–Trinajstić information content (AvgIpc) is 2.38. The molecule has 4 nitrogen and oxygen atoms in total. The standard InChI is InChI=1S/C15H22N2O2/c1-11(10-14(16)19)15(17)13-7-5-12(6-8-13)4-2-3-9-18/h5-8,11,17-18H,2-4,9-10H2,1H3,(H2,16,19). The largest absolute Gasteiger partial charge is 0.396 e. The first-order valence-corrected chi connectivity index (χ1v) is 6.61. The van der Waals surface area contributed by atoms with Crippen LogP contribution in [0.3, 0.4) is 0 Å². The first-order chi connectivity index (χ1) is 9.04. The molecule has 1 unspecified atom stereocenters. The fraction of sp³-hybridized carbons (Fsp3) is 0.467. The van der Waals surface area contributed by atoms with Crippen molar-refractivity contribution in [3.63, 3.8) is 0 Å². The van der Waals surface area contributed by atoms with Crippen LogP contribution in [0.25, 0.3) is 0 Å². The number of nitrogens with one attached hydrogen (secondary N) is 1. The number of nitrogens with two attached hydrogens (primary N) is 1. The molecular weight excluding hydrogens is 240 g/mol. The number of aliphatic hydroxyl groups is 1. The van der Waals surface area contributed by atoms with Crippen LogP contribution in [0.1, 0.15) is 37.3 Å². The summed E-state index contributed by atoms with van der Waals surface area (Å²) in [4.78, 5) is 10.9. The van der Waals surface area contributed by atoms with Gasteiger partial charge in [-0.05, 0) is 30.4 Å². The maximum atomic E-state index is 10.9. The summed E-state index contributed by atoms with van der Waals surface area (Å²) in [5.74, 6) is -0.532. The molecule has 0 aliphatic heterocycles. The number of aryl methyl sites for hydroxylation is 1. The normalized spacial score (nSPS) is 12.1. The van der Waals surface area contributed by atoms with E-state index < -0.39 is 0 Å². The quantitative estimate of drug-likeness (QED) is 0.493. The molecule has 1 atom stereocenters. The predicted molar refractivity (Wildman–Crippen MR) is 76.3 cm³/mol. The molecule has 104 valence electrons. The van der Waals surface area contributed by atoms with Crippen LogP contribution in [0.2, 0.25) is 0 Å². The molecule has 0 saturated carbocycles. The van der Waals surface area contributed by atoms with Gasteiger partial charge in [-0.15, -0.1) is 0 Å². The first kappa shape index (κ1) is 15.4.